The summed E-state index contributed by atoms with van der Waals surface area (Å²) in [6, 6.07) is 0. The monoisotopic (exact) mass is 196 g/mol. The van der Waals surface area contributed by atoms with Crippen LogP contribution in [-0.4, -0.2) is 19.5 Å². The number of aldehydes is 1. The van der Waals surface area contributed by atoms with Crippen LogP contribution in [0.25, 0.3) is 0 Å². The minimum absolute atomic E-state index is 0.0248. The highest BCUT2D eigenvalue weighted by atomic mass is 16.5. The molecule has 0 radical (unpaired) electrons. The maximum Gasteiger partial charge on any atom is 0.126 e. The molecule has 1 aliphatic heterocycles. The van der Waals surface area contributed by atoms with E-state index in [4.69, 9.17) is 4.74 Å². The van der Waals surface area contributed by atoms with Gasteiger partial charge in [-0.25, -0.2) is 0 Å². The minimum Gasteiger partial charge on any atom is -0.381 e. The van der Waals surface area contributed by atoms with Gasteiger partial charge in [0.2, 0.25) is 0 Å². The average molecular weight is 196 g/mol. The van der Waals surface area contributed by atoms with Gasteiger partial charge in [0.15, 0.2) is 0 Å². The smallest absolute Gasteiger partial charge is 0.126 e. The first kappa shape index (κ1) is 10.2. The SMILES string of the molecule is CC1CCC(C=O)(C2CCOC2)CC1. The molecule has 1 unspecified atom stereocenters. The molecule has 2 aliphatic rings. The third-order valence-corrected chi connectivity index (χ3v) is 4.18. The fraction of sp³-hybridized carbons (Fsp3) is 0.917. The first-order chi connectivity index (χ1) is 6.77. The second kappa shape index (κ2) is 4.01. The summed E-state index contributed by atoms with van der Waals surface area (Å²) in [5.41, 5.74) is -0.0248. The van der Waals surface area contributed by atoms with Crippen molar-refractivity contribution >= 4 is 6.29 Å². The van der Waals surface area contributed by atoms with Crippen molar-refractivity contribution in [3.8, 4) is 0 Å². The quantitative estimate of drug-likeness (QED) is 0.634. The van der Waals surface area contributed by atoms with E-state index in [9.17, 15) is 4.79 Å². The number of carbonyl (C=O) groups is 1. The van der Waals surface area contributed by atoms with Gasteiger partial charge in [-0.3, -0.25) is 0 Å². The van der Waals surface area contributed by atoms with Gasteiger partial charge in [0, 0.05) is 12.0 Å². The zero-order valence-electron chi connectivity index (χ0n) is 9.00. The van der Waals surface area contributed by atoms with Gasteiger partial charge < -0.3 is 9.53 Å². The molecular weight excluding hydrogens is 176 g/mol. The molecule has 0 N–H and O–H groups in total. The van der Waals surface area contributed by atoms with E-state index in [-0.39, 0.29) is 5.41 Å². The van der Waals surface area contributed by atoms with Crippen molar-refractivity contribution < 1.29 is 9.53 Å². The van der Waals surface area contributed by atoms with Gasteiger partial charge >= 0.3 is 0 Å². The summed E-state index contributed by atoms with van der Waals surface area (Å²) in [5, 5.41) is 0. The predicted molar refractivity (Wildman–Crippen MR) is 55.1 cm³/mol. The fourth-order valence-electron chi connectivity index (χ4n) is 2.91. The Morgan fingerprint density at radius 1 is 1.29 bits per heavy atom. The highest BCUT2D eigenvalue weighted by molar-refractivity contribution is 5.60. The van der Waals surface area contributed by atoms with Crippen molar-refractivity contribution in [1.29, 1.82) is 0 Å². The van der Waals surface area contributed by atoms with Crippen LogP contribution in [0.3, 0.4) is 0 Å². The van der Waals surface area contributed by atoms with Crippen molar-refractivity contribution in [3.63, 3.8) is 0 Å². The molecule has 2 heteroatoms. The summed E-state index contributed by atoms with van der Waals surface area (Å²) in [6.45, 7) is 3.96. The van der Waals surface area contributed by atoms with E-state index in [0.29, 0.717) is 5.92 Å². The molecule has 0 spiro atoms. The highest BCUT2D eigenvalue weighted by Crippen LogP contribution is 2.45. The Balaban J connectivity index is 2.05. The zero-order valence-corrected chi connectivity index (χ0v) is 9.00. The van der Waals surface area contributed by atoms with Crippen molar-refractivity contribution in [3.05, 3.63) is 0 Å². The molecule has 0 amide bonds. The van der Waals surface area contributed by atoms with Gasteiger partial charge in [-0.1, -0.05) is 6.92 Å². The van der Waals surface area contributed by atoms with Crippen LogP contribution in [0.15, 0.2) is 0 Å². The number of carbonyl (C=O) groups excluding carboxylic acids is 1. The van der Waals surface area contributed by atoms with Crippen LogP contribution < -0.4 is 0 Å². The Morgan fingerprint density at radius 3 is 2.50 bits per heavy atom. The third kappa shape index (κ3) is 1.72. The van der Waals surface area contributed by atoms with Crippen molar-refractivity contribution in [2.45, 2.75) is 39.0 Å². The number of hydrogen-bond acceptors (Lipinski definition) is 2. The molecule has 0 aromatic carbocycles. The van der Waals surface area contributed by atoms with Crippen molar-refractivity contribution in [2.24, 2.45) is 17.3 Å². The Bertz CT molecular complexity index is 198. The van der Waals surface area contributed by atoms with E-state index < -0.39 is 0 Å². The maximum absolute atomic E-state index is 11.3. The molecule has 1 aliphatic carbocycles. The topological polar surface area (TPSA) is 26.3 Å². The highest BCUT2D eigenvalue weighted by Gasteiger charge is 2.42. The molecule has 1 atom stereocenters. The Morgan fingerprint density at radius 2 is 2.00 bits per heavy atom. The first-order valence-corrected chi connectivity index (χ1v) is 5.81. The summed E-state index contributed by atoms with van der Waals surface area (Å²) in [7, 11) is 0. The van der Waals surface area contributed by atoms with Gasteiger partial charge in [-0.15, -0.1) is 0 Å². The first-order valence-electron chi connectivity index (χ1n) is 5.81. The summed E-state index contributed by atoms with van der Waals surface area (Å²) >= 11 is 0. The van der Waals surface area contributed by atoms with E-state index in [0.717, 1.165) is 38.4 Å². The lowest BCUT2D eigenvalue weighted by Crippen LogP contribution is -2.36. The molecule has 0 aromatic heterocycles. The normalized spacial score (nSPS) is 43.8. The molecule has 80 valence electrons. The zero-order chi connectivity index (χ0) is 10.0. The van der Waals surface area contributed by atoms with E-state index >= 15 is 0 Å². The maximum atomic E-state index is 11.3. The van der Waals surface area contributed by atoms with E-state index in [1.807, 2.05) is 0 Å². The van der Waals surface area contributed by atoms with Gasteiger partial charge in [-0.2, -0.15) is 0 Å². The van der Waals surface area contributed by atoms with Crippen LogP contribution in [0.5, 0.6) is 0 Å². The van der Waals surface area contributed by atoms with Crippen LogP contribution in [0, 0.1) is 17.3 Å². The van der Waals surface area contributed by atoms with E-state index in [2.05, 4.69) is 6.92 Å². The fourth-order valence-corrected chi connectivity index (χ4v) is 2.91. The van der Waals surface area contributed by atoms with Crippen LogP contribution in [0.4, 0.5) is 0 Å². The average Bonchev–Trinajstić information content (AvgIpc) is 2.73. The summed E-state index contributed by atoms with van der Waals surface area (Å²) < 4.78 is 5.41. The van der Waals surface area contributed by atoms with Crippen LogP contribution >= 0.6 is 0 Å². The lowest BCUT2D eigenvalue weighted by molar-refractivity contribution is -0.122. The predicted octanol–water partition coefficient (Wildman–Crippen LogP) is 2.42. The van der Waals surface area contributed by atoms with Crippen LogP contribution in [-0.2, 0) is 9.53 Å². The molecule has 2 nitrogen and oxygen atoms in total. The standard InChI is InChI=1S/C12H20O2/c1-10-2-5-12(9-13,6-3-10)11-4-7-14-8-11/h9-11H,2-8H2,1H3. The van der Waals surface area contributed by atoms with E-state index in [1.165, 1.54) is 19.1 Å². The lowest BCUT2D eigenvalue weighted by Gasteiger charge is -2.38. The number of rotatable bonds is 2. The minimum atomic E-state index is -0.0248. The van der Waals surface area contributed by atoms with Gasteiger partial charge in [0.25, 0.3) is 0 Å². The summed E-state index contributed by atoms with van der Waals surface area (Å²) in [5.74, 6) is 1.32. The van der Waals surface area contributed by atoms with Gasteiger partial charge in [-0.05, 0) is 43.9 Å². The Labute approximate surface area is 86.0 Å². The molecule has 1 heterocycles. The molecule has 1 saturated heterocycles. The second-order valence-electron chi connectivity index (χ2n) is 5.09. The van der Waals surface area contributed by atoms with Crippen molar-refractivity contribution in [1.82, 2.24) is 0 Å². The Hall–Kier alpha value is -0.370. The molecule has 14 heavy (non-hydrogen) atoms. The van der Waals surface area contributed by atoms with Crippen LogP contribution in [0.2, 0.25) is 0 Å². The lowest BCUT2D eigenvalue weighted by atomic mass is 9.64. The summed E-state index contributed by atoms with van der Waals surface area (Å²) in [4.78, 5) is 11.3. The van der Waals surface area contributed by atoms with E-state index in [1.54, 1.807) is 0 Å². The molecule has 0 bridgehead atoms. The molecule has 2 rings (SSSR count). The largest absolute Gasteiger partial charge is 0.381 e. The molecule has 1 saturated carbocycles. The molecular formula is C12H20O2. The number of hydrogen-bond donors (Lipinski definition) is 0. The summed E-state index contributed by atoms with van der Waals surface area (Å²) in [6.07, 6.45) is 6.94. The molecule has 2 fully saturated rings. The number of ether oxygens (including phenoxy) is 1. The van der Waals surface area contributed by atoms with Crippen LogP contribution in [0.1, 0.15) is 39.0 Å². The third-order valence-electron chi connectivity index (χ3n) is 4.18. The molecule has 0 aromatic rings. The van der Waals surface area contributed by atoms with Gasteiger partial charge in [0.05, 0.1) is 6.61 Å². The van der Waals surface area contributed by atoms with Crippen molar-refractivity contribution in [2.75, 3.05) is 13.2 Å². The Kier molecular flexibility index (Phi) is 2.91. The van der Waals surface area contributed by atoms with Gasteiger partial charge in [0.1, 0.15) is 6.29 Å². The second-order valence-corrected chi connectivity index (χ2v) is 5.09.